The summed E-state index contributed by atoms with van der Waals surface area (Å²) in [5.74, 6) is -1.42. The van der Waals surface area contributed by atoms with Crippen LogP contribution in [0.4, 0.5) is 14.5 Å². The van der Waals surface area contributed by atoms with Crippen LogP contribution >= 0.6 is 15.9 Å². The summed E-state index contributed by atoms with van der Waals surface area (Å²) in [6.07, 6.45) is 0. The summed E-state index contributed by atoms with van der Waals surface area (Å²) in [5, 5.41) is 0. The maximum atomic E-state index is 13.9. The summed E-state index contributed by atoms with van der Waals surface area (Å²) in [4.78, 5) is -0.447. The average Bonchev–Trinajstić information content (AvgIpc) is 2.38. The first-order valence-electron chi connectivity index (χ1n) is 6.09. The Morgan fingerprint density at radius 2 is 1.86 bits per heavy atom. The zero-order chi connectivity index (χ0) is 15.6. The van der Waals surface area contributed by atoms with E-state index in [1.54, 1.807) is 6.92 Å². The molecule has 7 heteroatoms. The van der Waals surface area contributed by atoms with Crippen molar-refractivity contribution in [2.45, 2.75) is 11.8 Å². The molecule has 0 atom stereocenters. The number of nitrogens with zero attached hydrogens (tertiary/aromatic N) is 1. The molecule has 0 bridgehead atoms. The van der Waals surface area contributed by atoms with Crippen LogP contribution in [-0.2, 0) is 10.0 Å². The van der Waals surface area contributed by atoms with Crippen LogP contribution in [0.5, 0.6) is 0 Å². The third-order valence-electron chi connectivity index (χ3n) is 2.85. The predicted molar refractivity (Wildman–Crippen MR) is 80.7 cm³/mol. The molecule has 0 fully saturated rings. The number of hydrogen-bond donors (Lipinski definition) is 0. The first kappa shape index (κ1) is 15.9. The summed E-state index contributed by atoms with van der Waals surface area (Å²) in [6, 6.07) is 8.86. The zero-order valence-corrected chi connectivity index (χ0v) is 13.5. The van der Waals surface area contributed by atoms with Crippen LogP contribution in [0.3, 0.4) is 0 Å². The topological polar surface area (TPSA) is 37.4 Å². The Labute approximate surface area is 130 Å². The van der Waals surface area contributed by atoms with Crippen molar-refractivity contribution in [3.63, 3.8) is 0 Å². The highest BCUT2D eigenvalue weighted by Crippen LogP contribution is 2.27. The molecule has 21 heavy (non-hydrogen) atoms. The molecule has 2 aromatic rings. The molecule has 0 radical (unpaired) electrons. The third-order valence-corrected chi connectivity index (χ3v) is 5.27. The van der Waals surface area contributed by atoms with Gasteiger partial charge in [0.25, 0.3) is 10.0 Å². The minimum absolute atomic E-state index is 0.0568. The van der Waals surface area contributed by atoms with Gasteiger partial charge in [0.05, 0.1) is 5.69 Å². The van der Waals surface area contributed by atoms with Gasteiger partial charge in [-0.2, -0.15) is 0 Å². The Balaban J connectivity index is 2.54. The molecular weight excluding hydrogens is 364 g/mol. The lowest BCUT2D eigenvalue weighted by atomic mass is 10.3. The number of sulfonamides is 1. The van der Waals surface area contributed by atoms with Gasteiger partial charge in [-0.15, -0.1) is 0 Å². The van der Waals surface area contributed by atoms with E-state index in [0.717, 1.165) is 16.4 Å². The van der Waals surface area contributed by atoms with E-state index >= 15 is 0 Å². The number of benzene rings is 2. The van der Waals surface area contributed by atoms with Crippen LogP contribution in [0.25, 0.3) is 0 Å². The van der Waals surface area contributed by atoms with Crippen LogP contribution in [-0.4, -0.2) is 15.0 Å². The van der Waals surface area contributed by atoms with E-state index in [9.17, 15) is 17.2 Å². The monoisotopic (exact) mass is 375 g/mol. The van der Waals surface area contributed by atoms with Crippen molar-refractivity contribution in [2.24, 2.45) is 0 Å². The molecule has 0 aliphatic rings. The van der Waals surface area contributed by atoms with Crippen molar-refractivity contribution < 1.29 is 17.2 Å². The van der Waals surface area contributed by atoms with Crippen molar-refractivity contribution in [3.05, 3.63) is 58.6 Å². The van der Waals surface area contributed by atoms with Gasteiger partial charge in [0.2, 0.25) is 0 Å². The van der Waals surface area contributed by atoms with Crippen molar-refractivity contribution in [2.75, 3.05) is 10.8 Å². The van der Waals surface area contributed by atoms with Crippen LogP contribution in [0.1, 0.15) is 6.92 Å². The fourth-order valence-electron chi connectivity index (χ4n) is 1.93. The van der Waals surface area contributed by atoms with E-state index in [1.807, 2.05) is 0 Å². The molecule has 0 aromatic heterocycles. The lowest BCUT2D eigenvalue weighted by Crippen LogP contribution is -2.31. The highest BCUT2D eigenvalue weighted by atomic mass is 79.9. The molecule has 0 aliphatic carbocycles. The van der Waals surface area contributed by atoms with E-state index in [4.69, 9.17) is 0 Å². The third kappa shape index (κ3) is 3.24. The lowest BCUT2D eigenvalue weighted by Gasteiger charge is -2.23. The summed E-state index contributed by atoms with van der Waals surface area (Å²) >= 11 is 3.07. The maximum absolute atomic E-state index is 13.9. The maximum Gasteiger partial charge on any atom is 0.267 e. The SMILES string of the molecule is CCN(c1cccc(F)c1)S(=O)(=O)c1ccc(Br)cc1F. The van der Waals surface area contributed by atoms with Crippen molar-refractivity contribution >= 4 is 31.6 Å². The van der Waals surface area contributed by atoms with Gasteiger partial charge >= 0.3 is 0 Å². The molecule has 0 heterocycles. The van der Waals surface area contributed by atoms with Gasteiger partial charge in [0, 0.05) is 11.0 Å². The van der Waals surface area contributed by atoms with Crippen LogP contribution in [0.2, 0.25) is 0 Å². The Morgan fingerprint density at radius 1 is 1.14 bits per heavy atom. The number of anilines is 1. The van der Waals surface area contributed by atoms with E-state index in [-0.39, 0.29) is 12.2 Å². The standard InChI is InChI=1S/C14H12BrF2NO2S/c1-2-18(12-5-3-4-11(16)9-12)21(19,20)14-7-6-10(15)8-13(14)17/h3-9H,2H2,1H3. The summed E-state index contributed by atoms with van der Waals surface area (Å²) in [5.41, 5.74) is 0.153. The predicted octanol–water partition coefficient (Wildman–Crippen LogP) is 3.94. The van der Waals surface area contributed by atoms with E-state index in [0.29, 0.717) is 4.47 Å². The summed E-state index contributed by atoms with van der Waals surface area (Å²) < 4.78 is 53.7. The molecule has 2 aromatic carbocycles. The van der Waals surface area contributed by atoms with Crippen molar-refractivity contribution in [1.82, 2.24) is 0 Å². The van der Waals surface area contributed by atoms with Crippen LogP contribution in [0.15, 0.2) is 51.8 Å². The normalized spacial score (nSPS) is 11.4. The highest BCUT2D eigenvalue weighted by molar-refractivity contribution is 9.10. The largest absolute Gasteiger partial charge is 0.267 e. The molecule has 2 rings (SSSR count). The first-order valence-corrected chi connectivity index (χ1v) is 8.33. The minimum Gasteiger partial charge on any atom is -0.266 e. The first-order chi connectivity index (χ1) is 9.86. The van der Waals surface area contributed by atoms with Crippen molar-refractivity contribution in [1.29, 1.82) is 0 Å². The van der Waals surface area contributed by atoms with Crippen molar-refractivity contribution in [3.8, 4) is 0 Å². The van der Waals surface area contributed by atoms with Gasteiger partial charge in [0.1, 0.15) is 16.5 Å². The smallest absolute Gasteiger partial charge is 0.266 e. The van der Waals surface area contributed by atoms with Crippen LogP contribution < -0.4 is 4.31 Å². The Bertz CT molecular complexity index is 765. The van der Waals surface area contributed by atoms with Crippen LogP contribution in [0, 0.1) is 11.6 Å². The summed E-state index contributed by atoms with van der Waals surface area (Å²) in [6.45, 7) is 1.65. The molecule has 0 saturated heterocycles. The second-order valence-corrected chi connectivity index (χ2v) is 6.97. The number of rotatable bonds is 4. The molecule has 112 valence electrons. The lowest BCUT2D eigenvalue weighted by molar-refractivity contribution is 0.563. The van der Waals surface area contributed by atoms with Gasteiger partial charge in [-0.3, -0.25) is 4.31 Å². The van der Waals surface area contributed by atoms with E-state index < -0.39 is 26.6 Å². The molecule has 0 saturated carbocycles. The minimum atomic E-state index is -4.10. The Hall–Kier alpha value is -1.47. The zero-order valence-electron chi connectivity index (χ0n) is 11.1. The van der Waals surface area contributed by atoms with Gasteiger partial charge < -0.3 is 0 Å². The Kier molecular flexibility index (Phi) is 4.63. The van der Waals surface area contributed by atoms with E-state index in [2.05, 4.69) is 15.9 Å². The highest BCUT2D eigenvalue weighted by Gasteiger charge is 2.27. The second-order valence-electron chi connectivity index (χ2n) is 4.22. The molecule has 0 N–H and O–H groups in total. The molecule has 0 amide bonds. The van der Waals surface area contributed by atoms with Gasteiger partial charge in [-0.25, -0.2) is 17.2 Å². The quantitative estimate of drug-likeness (QED) is 0.811. The number of hydrogen-bond acceptors (Lipinski definition) is 2. The molecule has 0 aliphatic heterocycles. The van der Waals surface area contributed by atoms with Gasteiger partial charge in [-0.05, 0) is 43.3 Å². The Morgan fingerprint density at radius 3 is 2.43 bits per heavy atom. The van der Waals surface area contributed by atoms with E-state index in [1.165, 1.54) is 30.3 Å². The molecular formula is C14H12BrF2NO2S. The fraction of sp³-hybridized carbons (Fsp3) is 0.143. The van der Waals surface area contributed by atoms with Gasteiger partial charge in [-0.1, -0.05) is 22.0 Å². The van der Waals surface area contributed by atoms with Gasteiger partial charge in [0.15, 0.2) is 0 Å². The molecule has 0 unspecified atom stereocenters. The molecule has 0 spiro atoms. The molecule has 3 nitrogen and oxygen atoms in total. The fourth-order valence-corrected chi connectivity index (χ4v) is 3.77. The number of halogens is 3. The average molecular weight is 376 g/mol. The second kappa shape index (κ2) is 6.11. The summed E-state index contributed by atoms with van der Waals surface area (Å²) in [7, 11) is -4.10.